The number of fused-ring (bicyclic) bond motifs is 1. The standard InChI is InChI=1S/C19H16O2S/c1-21-19(20)18-15(13-22-16-8-3-2-4-9-16)12-11-14-7-5-6-10-17(14)18/h2-12H,13H2,1H3. The third-order valence-electron chi connectivity index (χ3n) is 3.54. The summed E-state index contributed by atoms with van der Waals surface area (Å²) < 4.78 is 4.99. The van der Waals surface area contributed by atoms with E-state index in [0.29, 0.717) is 5.56 Å². The maximum atomic E-state index is 12.2. The molecule has 0 spiro atoms. The molecule has 0 atom stereocenters. The van der Waals surface area contributed by atoms with Crippen LogP contribution in [0.15, 0.2) is 71.6 Å². The minimum Gasteiger partial charge on any atom is -0.465 e. The van der Waals surface area contributed by atoms with E-state index in [9.17, 15) is 4.79 Å². The fraction of sp³-hybridized carbons (Fsp3) is 0.105. The van der Waals surface area contributed by atoms with Crippen LogP contribution < -0.4 is 0 Å². The first kappa shape index (κ1) is 14.7. The lowest BCUT2D eigenvalue weighted by Crippen LogP contribution is -2.06. The molecular weight excluding hydrogens is 292 g/mol. The molecule has 0 fully saturated rings. The summed E-state index contributed by atoms with van der Waals surface area (Å²) in [6, 6.07) is 22.2. The summed E-state index contributed by atoms with van der Waals surface area (Å²) in [4.78, 5) is 13.4. The summed E-state index contributed by atoms with van der Waals surface area (Å²) >= 11 is 1.72. The minimum atomic E-state index is -0.277. The molecule has 0 amide bonds. The Kier molecular flexibility index (Phi) is 4.45. The highest BCUT2D eigenvalue weighted by Crippen LogP contribution is 2.29. The van der Waals surface area contributed by atoms with E-state index in [1.165, 1.54) is 12.0 Å². The summed E-state index contributed by atoms with van der Waals surface area (Å²) in [7, 11) is 1.43. The van der Waals surface area contributed by atoms with Gasteiger partial charge in [0.05, 0.1) is 12.7 Å². The molecule has 3 heteroatoms. The Hall–Kier alpha value is -2.26. The Bertz CT molecular complexity index is 797. The molecule has 0 N–H and O–H groups in total. The highest BCUT2D eigenvalue weighted by molar-refractivity contribution is 7.98. The lowest BCUT2D eigenvalue weighted by molar-refractivity contribution is 0.0602. The first-order valence-electron chi connectivity index (χ1n) is 7.06. The number of hydrogen-bond donors (Lipinski definition) is 0. The quantitative estimate of drug-likeness (QED) is 0.505. The molecule has 0 bridgehead atoms. The topological polar surface area (TPSA) is 26.3 Å². The Morgan fingerprint density at radius 2 is 1.68 bits per heavy atom. The van der Waals surface area contributed by atoms with Crippen molar-refractivity contribution >= 4 is 28.5 Å². The van der Waals surface area contributed by atoms with Crippen LogP contribution in [0.25, 0.3) is 10.8 Å². The molecule has 0 aliphatic carbocycles. The molecule has 0 saturated heterocycles. The maximum absolute atomic E-state index is 12.2. The molecule has 0 aliphatic rings. The van der Waals surface area contributed by atoms with Crippen molar-refractivity contribution in [2.75, 3.05) is 7.11 Å². The van der Waals surface area contributed by atoms with Crippen LogP contribution >= 0.6 is 11.8 Å². The van der Waals surface area contributed by atoms with Crippen molar-refractivity contribution in [3.63, 3.8) is 0 Å². The van der Waals surface area contributed by atoms with E-state index in [1.54, 1.807) is 11.8 Å². The Balaban J connectivity index is 1.99. The van der Waals surface area contributed by atoms with Crippen molar-refractivity contribution in [1.82, 2.24) is 0 Å². The SMILES string of the molecule is COC(=O)c1c(CSc2ccccc2)ccc2ccccc12. The number of thioether (sulfide) groups is 1. The number of benzene rings is 3. The van der Waals surface area contributed by atoms with Gasteiger partial charge in [0.1, 0.15) is 0 Å². The molecule has 3 rings (SSSR count). The van der Waals surface area contributed by atoms with Crippen molar-refractivity contribution < 1.29 is 9.53 Å². The highest BCUT2D eigenvalue weighted by atomic mass is 32.2. The fourth-order valence-corrected chi connectivity index (χ4v) is 3.37. The van der Waals surface area contributed by atoms with E-state index in [4.69, 9.17) is 4.74 Å². The molecule has 3 aromatic rings. The van der Waals surface area contributed by atoms with Crippen LogP contribution in [0.1, 0.15) is 15.9 Å². The maximum Gasteiger partial charge on any atom is 0.338 e. The van der Waals surface area contributed by atoms with Crippen molar-refractivity contribution in [1.29, 1.82) is 0 Å². The van der Waals surface area contributed by atoms with Crippen LogP contribution in [0.4, 0.5) is 0 Å². The van der Waals surface area contributed by atoms with Crippen molar-refractivity contribution in [2.45, 2.75) is 10.6 Å². The zero-order chi connectivity index (χ0) is 15.4. The van der Waals surface area contributed by atoms with Crippen LogP contribution in [-0.2, 0) is 10.5 Å². The van der Waals surface area contributed by atoms with Gasteiger partial charge in [-0.25, -0.2) is 4.79 Å². The zero-order valence-corrected chi connectivity index (χ0v) is 13.1. The van der Waals surface area contributed by atoms with Gasteiger partial charge < -0.3 is 4.74 Å². The average Bonchev–Trinajstić information content (AvgIpc) is 2.59. The average molecular weight is 308 g/mol. The van der Waals surface area contributed by atoms with Crippen LogP contribution in [0.3, 0.4) is 0 Å². The van der Waals surface area contributed by atoms with Gasteiger partial charge in [-0.1, -0.05) is 54.6 Å². The monoisotopic (exact) mass is 308 g/mol. The second-order valence-corrected chi connectivity index (χ2v) is 5.96. The van der Waals surface area contributed by atoms with Gasteiger partial charge in [-0.3, -0.25) is 0 Å². The minimum absolute atomic E-state index is 0.277. The number of hydrogen-bond acceptors (Lipinski definition) is 3. The largest absolute Gasteiger partial charge is 0.465 e. The molecular formula is C19H16O2S. The van der Waals surface area contributed by atoms with Crippen LogP contribution in [0.2, 0.25) is 0 Å². The third-order valence-corrected chi connectivity index (χ3v) is 4.60. The number of carbonyl (C=O) groups is 1. The Morgan fingerprint density at radius 1 is 0.955 bits per heavy atom. The Morgan fingerprint density at radius 3 is 2.45 bits per heavy atom. The van der Waals surface area contributed by atoms with Gasteiger partial charge in [-0.15, -0.1) is 11.8 Å². The Labute approximate surface area is 134 Å². The fourth-order valence-electron chi connectivity index (χ4n) is 2.46. The smallest absolute Gasteiger partial charge is 0.338 e. The highest BCUT2D eigenvalue weighted by Gasteiger charge is 2.15. The predicted molar refractivity (Wildman–Crippen MR) is 91.3 cm³/mol. The van der Waals surface area contributed by atoms with Gasteiger partial charge in [0, 0.05) is 10.6 Å². The number of ether oxygens (including phenoxy) is 1. The molecule has 0 radical (unpaired) electrons. The van der Waals surface area contributed by atoms with Crippen molar-refractivity contribution in [2.24, 2.45) is 0 Å². The predicted octanol–water partition coefficient (Wildman–Crippen LogP) is 4.92. The molecule has 0 saturated carbocycles. The molecule has 2 nitrogen and oxygen atoms in total. The summed E-state index contributed by atoms with van der Waals surface area (Å²) in [5.74, 6) is 0.458. The lowest BCUT2D eigenvalue weighted by atomic mass is 10.00. The molecule has 0 unspecified atom stereocenters. The van der Waals surface area contributed by atoms with E-state index in [-0.39, 0.29) is 5.97 Å². The van der Waals surface area contributed by atoms with Gasteiger partial charge in [-0.05, 0) is 28.5 Å². The van der Waals surface area contributed by atoms with Gasteiger partial charge in [0.25, 0.3) is 0 Å². The van der Waals surface area contributed by atoms with Crippen LogP contribution in [-0.4, -0.2) is 13.1 Å². The summed E-state index contributed by atoms with van der Waals surface area (Å²) in [6.45, 7) is 0. The molecule has 3 aromatic carbocycles. The van der Waals surface area contributed by atoms with Gasteiger partial charge in [-0.2, -0.15) is 0 Å². The van der Waals surface area contributed by atoms with E-state index < -0.39 is 0 Å². The molecule has 0 aliphatic heterocycles. The van der Waals surface area contributed by atoms with Gasteiger partial charge in [0.15, 0.2) is 0 Å². The number of rotatable bonds is 4. The normalized spacial score (nSPS) is 10.6. The van der Waals surface area contributed by atoms with Gasteiger partial charge >= 0.3 is 5.97 Å². The molecule has 110 valence electrons. The number of methoxy groups -OCH3 is 1. The zero-order valence-electron chi connectivity index (χ0n) is 12.3. The number of carbonyl (C=O) groups excluding carboxylic acids is 1. The third kappa shape index (κ3) is 3.00. The first-order valence-corrected chi connectivity index (χ1v) is 8.05. The second kappa shape index (κ2) is 6.67. The summed E-state index contributed by atoms with van der Waals surface area (Å²) in [5, 5.41) is 2.00. The lowest BCUT2D eigenvalue weighted by Gasteiger charge is -2.11. The van der Waals surface area contributed by atoms with Crippen molar-refractivity contribution in [3.8, 4) is 0 Å². The second-order valence-electron chi connectivity index (χ2n) is 4.91. The van der Waals surface area contributed by atoms with Crippen LogP contribution in [0.5, 0.6) is 0 Å². The molecule has 0 aromatic heterocycles. The number of esters is 1. The summed E-state index contributed by atoms with van der Waals surface area (Å²) in [6.07, 6.45) is 0. The van der Waals surface area contributed by atoms with Crippen molar-refractivity contribution in [3.05, 3.63) is 77.9 Å². The van der Waals surface area contributed by atoms with E-state index in [2.05, 4.69) is 18.2 Å². The van der Waals surface area contributed by atoms with E-state index in [0.717, 1.165) is 22.1 Å². The van der Waals surface area contributed by atoms with E-state index in [1.807, 2.05) is 48.5 Å². The van der Waals surface area contributed by atoms with Gasteiger partial charge in [0.2, 0.25) is 0 Å². The van der Waals surface area contributed by atoms with Crippen LogP contribution in [0, 0.1) is 0 Å². The first-order chi connectivity index (χ1) is 10.8. The summed E-state index contributed by atoms with van der Waals surface area (Å²) in [5.41, 5.74) is 1.67. The molecule has 0 heterocycles. The van der Waals surface area contributed by atoms with E-state index >= 15 is 0 Å². The molecule has 22 heavy (non-hydrogen) atoms.